The van der Waals surface area contributed by atoms with E-state index in [4.69, 9.17) is 5.73 Å². The number of nitrogens with one attached hydrogen (secondary N) is 1. The van der Waals surface area contributed by atoms with Crippen LogP contribution < -0.4 is 11.1 Å². The summed E-state index contributed by atoms with van der Waals surface area (Å²) >= 11 is 0. The number of benzene rings is 1. The zero-order valence-electron chi connectivity index (χ0n) is 11.7. The van der Waals surface area contributed by atoms with E-state index in [-0.39, 0.29) is 0 Å². The van der Waals surface area contributed by atoms with Crippen molar-refractivity contribution in [3.05, 3.63) is 48.5 Å². The van der Waals surface area contributed by atoms with Crippen LogP contribution in [0.5, 0.6) is 0 Å². The number of hydrogen-bond acceptors (Lipinski definition) is 3. The molecule has 0 radical (unpaired) electrons. The number of nitrogens with two attached hydrogens (primary N) is 1. The molecule has 1 aromatic heterocycles. The number of anilines is 1. The molecule has 1 aliphatic rings. The molecule has 3 rings (SSSR count). The molecule has 4 heteroatoms. The van der Waals surface area contributed by atoms with Crippen molar-refractivity contribution in [2.45, 2.75) is 31.8 Å². The normalized spacial score (nSPS) is 22.1. The first-order chi connectivity index (χ1) is 9.85. The molecule has 106 valence electrons. The topological polar surface area (TPSA) is 55.9 Å². The SMILES string of the molecule is NCC1CCCC1Nc1cccc(Cn2ccnc2)c1. The van der Waals surface area contributed by atoms with E-state index in [2.05, 4.69) is 39.1 Å². The first kappa shape index (κ1) is 13.2. The minimum Gasteiger partial charge on any atom is -0.382 e. The van der Waals surface area contributed by atoms with E-state index in [1.807, 2.05) is 18.7 Å². The number of imidazole rings is 1. The van der Waals surface area contributed by atoms with Gasteiger partial charge in [0.15, 0.2) is 0 Å². The average molecular weight is 270 g/mol. The molecule has 1 saturated carbocycles. The fourth-order valence-corrected chi connectivity index (χ4v) is 3.07. The van der Waals surface area contributed by atoms with Gasteiger partial charge in [-0.15, -0.1) is 0 Å². The van der Waals surface area contributed by atoms with Gasteiger partial charge in [-0.25, -0.2) is 4.98 Å². The van der Waals surface area contributed by atoms with Crippen LogP contribution in [0.2, 0.25) is 0 Å². The highest BCUT2D eigenvalue weighted by atomic mass is 15.0. The Balaban J connectivity index is 1.68. The van der Waals surface area contributed by atoms with Crippen molar-refractivity contribution < 1.29 is 0 Å². The van der Waals surface area contributed by atoms with Crippen LogP contribution in [0.1, 0.15) is 24.8 Å². The van der Waals surface area contributed by atoms with Crippen molar-refractivity contribution in [3.8, 4) is 0 Å². The quantitative estimate of drug-likeness (QED) is 0.877. The van der Waals surface area contributed by atoms with Crippen LogP contribution in [0.25, 0.3) is 0 Å². The lowest BCUT2D eigenvalue weighted by molar-refractivity contribution is 0.516. The summed E-state index contributed by atoms with van der Waals surface area (Å²) < 4.78 is 2.08. The smallest absolute Gasteiger partial charge is 0.0949 e. The molecule has 4 nitrogen and oxygen atoms in total. The highest BCUT2D eigenvalue weighted by Crippen LogP contribution is 2.28. The van der Waals surface area contributed by atoms with E-state index >= 15 is 0 Å². The number of aromatic nitrogens is 2. The molecule has 0 aliphatic heterocycles. The van der Waals surface area contributed by atoms with Crippen molar-refractivity contribution in [1.82, 2.24) is 9.55 Å². The lowest BCUT2D eigenvalue weighted by Gasteiger charge is -2.21. The van der Waals surface area contributed by atoms with Crippen molar-refractivity contribution >= 4 is 5.69 Å². The largest absolute Gasteiger partial charge is 0.382 e. The van der Waals surface area contributed by atoms with Crippen molar-refractivity contribution in [3.63, 3.8) is 0 Å². The Kier molecular flexibility index (Phi) is 4.02. The van der Waals surface area contributed by atoms with Crippen molar-refractivity contribution in [1.29, 1.82) is 0 Å². The Hall–Kier alpha value is -1.81. The Morgan fingerprint density at radius 3 is 3.10 bits per heavy atom. The molecule has 2 atom stereocenters. The molecule has 2 aromatic rings. The van der Waals surface area contributed by atoms with E-state index in [0.717, 1.165) is 13.1 Å². The van der Waals surface area contributed by atoms with E-state index in [1.54, 1.807) is 0 Å². The fraction of sp³-hybridized carbons (Fsp3) is 0.438. The van der Waals surface area contributed by atoms with Gasteiger partial charge in [0.05, 0.1) is 6.33 Å². The molecular formula is C16H22N4. The maximum atomic E-state index is 5.85. The highest BCUT2D eigenvalue weighted by molar-refractivity contribution is 5.47. The molecule has 0 amide bonds. The van der Waals surface area contributed by atoms with E-state index in [0.29, 0.717) is 12.0 Å². The Bertz CT molecular complexity index is 535. The predicted octanol–water partition coefficient (Wildman–Crippen LogP) is 2.47. The maximum Gasteiger partial charge on any atom is 0.0949 e. The van der Waals surface area contributed by atoms with Crippen LogP contribution in [-0.4, -0.2) is 22.1 Å². The molecule has 0 saturated heterocycles. The van der Waals surface area contributed by atoms with Gasteiger partial charge >= 0.3 is 0 Å². The molecule has 1 aromatic carbocycles. The van der Waals surface area contributed by atoms with E-state index in [9.17, 15) is 0 Å². The van der Waals surface area contributed by atoms with Gasteiger partial charge in [0.25, 0.3) is 0 Å². The molecule has 0 spiro atoms. The molecular weight excluding hydrogens is 248 g/mol. The number of rotatable bonds is 5. The third-order valence-electron chi connectivity index (χ3n) is 4.17. The van der Waals surface area contributed by atoms with Gasteiger partial charge in [-0.2, -0.15) is 0 Å². The molecule has 20 heavy (non-hydrogen) atoms. The minimum absolute atomic E-state index is 0.531. The standard InChI is InChI=1S/C16H22N4/c17-10-14-4-2-6-16(14)19-15-5-1-3-13(9-15)11-20-8-7-18-12-20/h1,3,5,7-9,12,14,16,19H,2,4,6,10-11,17H2. The van der Waals surface area contributed by atoms with Crippen LogP contribution in [0.4, 0.5) is 5.69 Å². The second-order valence-electron chi connectivity index (χ2n) is 5.61. The van der Waals surface area contributed by atoms with Crippen LogP contribution in [0, 0.1) is 5.92 Å². The Labute approximate surface area is 120 Å². The van der Waals surface area contributed by atoms with Gasteiger partial charge in [0, 0.05) is 30.7 Å². The Morgan fingerprint density at radius 2 is 2.30 bits per heavy atom. The summed E-state index contributed by atoms with van der Waals surface area (Å²) in [5.41, 5.74) is 8.34. The molecule has 1 fully saturated rings. The van der Waals surface area contributed by atoms with Crippen LogP contribution in [0.15, 0.2) is 43.0 Å². The lowest BCUT2D eigenvalue weighted by atomic mass is 10.0. The zero-order valence-corrected chi connectivity index (χ0v) is 11.7. The molecule has 3 N–H and O–H groups in total. The third-order valence-corrected chi connectivity index (χ3v) is 4.17. The molecule has 1 heterocycles. The number of nitrogens with zero attached hydrogens (tertiary/aromatic N) is 2. The zero-order chi connectivity index (χ0) is 13.8. The fourth-order valence-electron chi connectivity index (χ4n) is 3.07. The summed E-state index contributed by atoms with van der Waals surface area (Å²) in [4.78, 5) is 4.08. The maximum absolute atomic E-state index is 5.85. The van der Waals surface area contributed by atoms with Crippen molar-refractivity contribution in [2.24, 2.45) is 11.7 Å². The summed E-state index contributed by atoms with van der Waals surface area (Å²) in [6.07, 6.45) is 9.42. The third kappa shape index (κ3) is 3.02. The second-order valence-corrected chi connectivity index (χ2v) is 5.61. The molecule has 1 aliphatic carbocycles. The monoisotopic (exact) mass is 270 g/mol. The Morgan fingerprint density at radius 1 is 1.35 bits per heavy atom. The van der Waals surface area contributed by atoms with E-state index in [1.165, 1.54) is 30.5 Å². The average Bonchev–Trinajstić information content (AvgIpc) is 3.10. The van der Waals surface area contributed by atoms with E-state index < -0.39 is 0 Å². The van der Waals surface area contributed by atoms with Gasteiger partial charge in [0.2, 0.25) is 0 Å². The predicted molar refractivity (Wildman–Crippen MR) is 81.6 cm³/mol. The summed E-state index contributed by atoms with van der Waals surface area (Å²) in [7, 11) is 0. The molecule has 2 unspecified atom stereocenters. The van der Waals surface area contributed by atoms with Gasteiger partial charge < -0.3 is 15.6 Å². The van der Waals surface area contributed by atoms with Crippen LogP contribution in [0.3, 0.4) is 0 Å². The summed E-state index contributed by atoms with van der Waals surface area (Å²) in [6, 6.07) is 9.17. The molecule has 0 bridgehead atoms. The highest BCUT2D eigenvalue weighted by Gasteiger charge is 2.25. The van der Waals surface area contributed by atoms with Gasteiger partial charge in [0.1, 0.15) is 0 Å². The van der Waals surface area contributed by atoms with Crippen LogP contribution in [-0.2, 0) is 6.54 Å². The number of hydrogen-bond donors (Lipinski definition) is 2. The first-order valence-corrected chi connectivity index (χ1v) is 7.36. The summed E-state index contributed by atoms with van der Waals surface area (Å²) in [6.45, 7) is 1.65. The van der Waals surface area contributed by atoms with Gasteiger partial charge in [-0.3, -0.25) is 0 Å². The van der Waals surface area contributed by atoms with Gasteiger partial charge in [-0.1, -0.05) is 18.6 Å². The van der Waals surface area contributed by atoms with Crippen LogP contribution >= 0.6 is 0 Å². The summed E-state index contributed by atoms with van der Waals surface area (Å²) in [5.74, 6) is 0.618. The van der Waals surface area contributed by atoms with Gasteiger partial charge in [-0.05, 0) is 43.0 Å². The van der Waals surface area contributed by atoms with Crippen molar-refractivity contribution in [2.75, 3.05) is 11.9 Å². The lowest BCUT2D eigenvalue weighted by Crippen LogP contribution is -2.29. The summed E-state index contributed by atoms with van der Waals surface area (Å²) in [5, 5.41) is 3.66. The second kappa shape index (κ2) is 6.09. The minimum atomic E-state index is 0.531. The first-order valence-electron chi connectivity index (χ1n) is 7.36.